The van der Waals surface area contributed by atoms with Crippen molar-refractivity contribution < 1.29 is 4.74 Å². The fraction of sp³-hybridized carbons (Fsp3) is 0.692. The summed E-state index contributed by atoms with van der Waals surface area (Å²) in [7, 11) is 0. The van der Waals surface area contributed by atoms with E-state index in [4.69, 9.17) is 4.74 Å². The van der Waals surface area contributed by atoms with E-state index in [1.165, 1.54) is 0 Å². The molecule has 0 radical (unpaired) electrons. The molecule has 0 amide bonds. The molecule has 1 aliphatic rings. The van der Waals surface area contributed by atoms with E-state index < -0.39 is 0 Å². The smallest absolute Gasteiger partial charge is 0.228 e. The Morgan fingerprint density at radius 2 is 2.00 bits per heavy atom. The van der Waals surface area contributed by atoms with Gasteiger partial charge in [0.2, 0.25) is 11.8 Å². The Balaban J connectivity index is 1.98. The van der Waals surface area contributed by atoms with Crippen molar-refractivity contribution in [2.24, 2.45) is 0 Å². The third-order valence-electron chi connectivity index (χ3n) is 3.24. The number of aromatic nitrogens is 2. The largest absolute Gasteiger partial charge is 0.478 e. The van der Waals surface area contributed by atoms with Crippen molar-refractivity contribution in [1.82, 2.24) is 14.9 Å². The summed E-state index contributed by atoms with van der Waals surface area (Å²) < 4.78 is 5.41. The van der Waals surface area contributed by atoms with Gasteiger partial charge in [-0.3, -0.25) is 4.90 Å². The van der Waals surface area contributed by atoms with E-state index in [0.29, 0.717) is 18.5 Å². The minimum Gasteiger partial charge on any atom is -0.478 e. The molecule has 1 aromatic rings. The van der Waals surface area contributed by atoms with Gasteiger partial charge >= 0.3 is 0 Å². The van der Waals surface area contributed by atoms with E-state index in [-0.39, 0.29) is 0 Å². The van der Waals surface area contributed by atoms with E-state index in [1.807, 2.05) is 6.92 Å². The fourth-order valence-electron chi connectivity index (χ4n) is 2.15. The van der Waals surface area contributed by atoms with Crippen LogP contribution < -0.4 is 9.64 Å². The third kappa shape index (κ3) is 3.10. The van der Waals surface area contributed by atoms with Crippen LogP contribution in [0.25, 0.3) is 0 Å². The highest BCUT2D eigenvalue weighted by Gasteiger charge is 2.20. The SMILES string of the molecule is CCOc1ccnc(N2CCN(C(C)C)CC2)n1. The van der Waals surface area contributed by atoms with Crippen LogP contribution in [0.2, 0.25) is 0 Å². The summed E-state index contributed by atoms with van der Waals surface area (Å²) in [6, 6.07) is 2.42. The molecule has 0 atom stereocenters. The molecule has 100 valence electrons. The first-order valence-electron chi connectivity index (χ1n) is 6.65. The third-order valence-corrected chi connectivity index (χ3v) is 3.24. The average molecular weight is 250 g/mol. The number of hydrogen-bond donors (Lipinski definition) is 0. The Labute approximate surface area is 109 Å². The van der Waals surface area contributed by atoms with Crippen LogP contribution in [0.4, 0.5) is 5.95 Å². The molecule has 1 aromatic heterocycles. The molecule has 0 spiro atoms. The van der Waals surface area contributed by atoms with E-state index in [9.17, 15) is 0 Å². The predicted octanol–water partition coefficient (Wildman–Crippen LogP) is 1.41. The molecule has 1 aliphatic heterocycles. The summed E-state index contributed by atoms with van der Waals surface area (Å²) >= 11 is 0. The zero-order valence-electron chi connectivity index (χ0n) is 11.5. The van der Waals surface area contributed by atoms with Crippen LogP contribution in [0.1, 0.15) is 20.8 Å². The quantitative estimate of drug-likeness (QED) is 0.808. The topological polar surface area (TPSA) is 41.5 Å². The van der Waals surface area contributed by atoms with E-state index in [2.05, 4.69) is 33.6 Å². The lowest BCUT2D eigenvalue weighted by Gasteiger charge is -2.36. The molecule has 0 saturated carbocycles. The van der Waals surface area contributed by atoms with Crippen molar-refractivity contribution in [3.63, 3.8) is 0 Å². The van der Waals surface area contributed by atoms with Gasteiger partial charge in [0.05, 0.1) is 6.61 Å². The summed E-state index contributed by atoms with van der Waals surface area (Å²) in [5.41, 5.74) is 0. The molecule has 1 saturated heterocycles. The van der Waals surface area contributed by atoms with Crippen molar-refractivity contribution in [1.29, 1.82) is 0 Å². The number of nitrogens with zero attached hydrogens (tertiary/aromatic N) is 4. The highest BCUT2D eigenvalue weighted by atomic mass is 16.5. The number of hydrogen-bond acceptors (Lipinski definition) is 5. The van der Waals surface area contributed by atoms with Crippen LogP contribution in [0.5, 0.6) is 5.88 Å². The molecule has 18 heavy (non-hydrogen) atoms. The molecule has 5 nitrogen and oxygen atoms in total. The van der Waals surface area contributed by atoms with Gasteiger partial charge < -0.3 is 9.64 Å². The summed E-state index contributed by atoms with van der Waals surface area (Å²) in [4.78, 5) is 13.5. The minimum absolute atomic E-state index is 0.614. The molecule has 2 rings (SSSR count). The van der Waals surface area contributed by atoms with E-state index in [1.54, 1.807) is 12.3 Å². The van der Waals surface area contributed by atoms with Crippen molar-refractivity contribution in [3.8, 4) is 5.88 Å². The zero-order chi connectivity index (χ0) is 13.0. The van der Waals surface area contributed by atoms with Gasteiger partial charge in [0, 0.05) is 44.5 Å². The Morgan fingerprint density at radius 1 is 1.28 bits per heavy atom. The van der Waals surface area contributed by atoms with Crippen LogP contribution in [-0.2, 0) is 0 Å². The maximum atomic E-state index is 5.41. The van der Waals surface area contributed by atoms with Crippen LogP contribution in [-0.4, -0.2) is 53.7 Å². The van der Waals surface area contributed by atoms with Gasteiger partial charge in [-0.25, -0.2) is 4.98 Å². The average Bonchev–Trinajstić information content (AvgIpc) is 2.39. The van der Waals surface area contributed by atoms with E-state index >= 15 is 0 Å². The summed E-state index contributed by atoms with van der Waals surface area (Å²) in [5.74, 6) is 1.44. The second-order valence-electron chi connectivity index (χ2n) is 4.74. The monoisotopic (exact) mass is 250 g/mol. The number of piperazine rings is 1. The Kier molecular flexibility index (Phi) is 4.36. The molecule has 0 aromatic carbocycles. The van der Waals surface area contributed by atoms with Crippen molar-refractivity contribution in [2.45, 2.75) is 26.8 Å². The van der Waals surface area contributed by atoms with Crippen LogP contribution in [0.15, 0.2) is 12.3 Å². The summed E-state index contributed by atoms with van der Waals surface area (Å²) in [6.45, 7) is 11.2. The van der Waals surface area contributed by atoms with Crippen LogP contribution in [0, 0.1) is 0 Å². The Hall–Kier alpha value is -1.36. The molecule has 1 fully saturated rings. The normalized spacial score (nSPS) is 17.2. The first-order valence-corrected chi connectivity index (χ1v) is 6.65. The molecule has 0 N–H and O–H groups in total. The number of ether oxygens (including phenoxy) is 1. The second kappa shape index (κ2) is 6.00. The standard InChI is InChI=1S/C13H22N4O/c1-4-18-12-5-6-14-13(15-12)17-9-7-16(8-10-17)11(2)3/h5-6,11H,4,7-10H2,1-3H3. The first-order chi connectivity index (χ1) is 8.70. The molecule has 0 bridgehead atoms. The highest BCUT2D eigenvalue weighted by molar-refractivity contribution is 5.32. The Morgan fingerprint density at radius 3 is 2.61 bits per heavy atom. The fourth-order valence-corrected chi connectivity index (χ4v) is 2.15. The molecule has 2 heterocycles. The van der Waals surface area contributed by atoms with E-state index in [0.717, 1.165) is 32.1 Å². The maximum Gasteiger partial charge on any atom is 0.228 e. The molecular weight excluding hydrogens is 228 g/mol. The van der Waals surface area contributed by atoms with Gasteiger partial charge in [-0.15, -0.1) is 0 Å². The molecule has 5 heteroatoms. The van der Waals surface area contributed by atoms with Crippen molar-refractivity contribution in [2.75, 3.05) is 37.7 Å². The zero-order valence-corrected chi connectivity index (χ0v) is 11.5. The van der Waals surface area contributed by atoms with Gasteiger partial charge in [-0.2, -0.15) is 4.98 Å². The van der Waals surface area contributed by atoms with Gasteiger partial charge in [0.25, 0.3) is 0 Å². The maximum absolute atomic E-state index is 5.41. The highest BCUT2D eigenvalue weighted by Crippen LogP contribution is 2.15. The molecule has 0 unspecified atom stereocenters. The number of rotatable bonds is 4. The lowest BCUT2D eigenvalue weighted by atomic mass is 10.2. The van der Waals surface area contributed by atoms with Crippen LogP contribution in [0.3, 0.4) is 0 Å². The predicted molar refractivity (Wildman–Crippen MR) is 72.1 cm³/mol. The molecule has 0 aliphatic carbocycles. The van der Waals surface area contributed by atoms with Gasteiger partial charge in [0.15, 0.2) is 0 Å². The van der Waals surface area contributed by atoms with Gasteiger partial charge in [0.1, 0.15) is 0 Å². The summed E-state index contributed by atoms with van der Waals surface area (Å²) in [6.07, 6.45) is 1.77. The summed E-state index contributed by atoms with van der Waals surface area (Å²) in [5, 5.41) is 0. The van der Waals surface area contributed by atoms with Crippen molar-refractivity contribution >= 4 is 5.95 Å². The second-order valence-corrected chi connectivity index (χ2v) is 4.74. The number of anilines is 1. The minimum atomic E-state index is 0.614. The lowest BCUT2D eigenvalue weighted by molar-refractivity contribution is 0.208. The van der Waals surface area contributed by atoms with Gasteiger partial charge in [-0.05, 0) is 20.8 Å². The molecular formula is C13H22N4O. The first kappa shape index (κ1) is 13.1. The van der Waals surface area contributed by atoms with Crippen molar-refractivity contribution in [3.05, 3.63) is 12.3 Å². The van der Waals surface area contributed by atoms with Gasteiger partial charge in [-0.1, -0.05) is 0 Å². The van der Waals surface area contributed by atoms with Crippen LogP contribution >= 0.6 is 0 Å². The Bertz CT molecular complexity index is 375. The lowest BCUT2D eigenvalue weighted by Crippen LogP contribution is -2.49.